The Kier molecular flexibility index (Phi) is 11.6. The van der Waals surface area contributed by atoms with Crippen LogP contribution in [0.1, 0.15) is 107 Å². The van der Waals surface area contributed by atoms with Gasteiger partial charge in [0.1, 0.15) is 18.0 Å². The minimum absolute atomic E-state index is 0.139. The second kappa shape index (κ2) is 12.8. The van der Waals surface area contributed by atoms with E-state index in [2.05, 4.69) is 67.9 Å². The van der Waals surface area contributed by atoms with Gasteiger partial charge < -0.3 is 14.2 Å². The molecule has 4 heteroatoms. The Bertz CT molecular complexity index is 612. The Morgan fingerprint density at radius 2 is 1.62 bits per heavy atom. The normalized spacial score (nSPS) is 20.9. The molecule has 0 aromatic carbocycles. The summed E-state index contributed by atoms with van der Waals surface area (Å²) in [6.45, 7) is 22.8. The second-order valence-electron chi connectivity index (χ2n) is 11.2. The Balaban J connectivity index is 0.00000161. The van der Waals surface area contributed by atoms with Gasteiger partial charge in [0, 0.05) is 18.3 Å². The van der Waals surface area contributed by atoms with Gasteiger partial charge in [-0.3, -0.25) is 0 Å². The molecule has 1 aliphatic carbocycles. The lowest BCUT2D eigenvalue weighted by molar-refractivity contribution is -0.130. The average Bonchev–Trinajstić information content (AvgIpc) is 2.75. The highest BCUT2D eigenvalue weighted by atomic mass is 16.6. The summed E-state index contributed by atoms with van der Waals surface area (Å²) in [7, 11) is 0. The van der Waals surface area contributed by atoms with E-state index in [1.807, 2.05) is 0 Å². The maximum Gasteiger partial charge on any atom is 0.186 e. The van der Waals surface area contributed by atoms with Gasteiger partial charge in [-0.15, -0.1) is 0 Å². The van der Waals surface area contributed by atoms with Gasteiger partial charge >= 0.3 is 0 Å². The Hall–Kier alpha value is -1.25. The molecule has 1 atom stereocenters. The lowest BCUT2D eigenvalue weighted by Gasteiger charge is -2.46. The van der Waals surface area contributed by atoms with Crippen molar-refractivity contribution in [2.24, 2.45) is 22.7 Å². The summed E-state index contributed by atoms with van der Waals surface area (Å²) in [5.41, 5.74) is -0.759. The van der Waals surface area contributed by atoms with Crippen molar-refractivity contribution in [1.29, 1.82) is 0 Å². The molecule has 186 valence electrons. The highest BCUT2D eigenvalue weighted by Crippen LogP contribution is 2.49. The minimum atomic E-state index is -0.422. The summed E-state index contributed by atoms with van der Waals surface area (Å²) in [5.74, 6) is 3.84. The topological polar surface area (TPSA) is 44.8 Å². The highest BCUT2D eigenvalue weighted by Gasteiger charge is 2.46. The third kappa shape index (κ3) is 7.12. The van der Waals surface area contributed by atoms with Crippen molar-refractivity contribution in [2.75, 3.05) is 19.8 Å². The van der Waals surface area contributed by atoms with Crippen molar-refractivity contribution in [1.82, 2.24) is 0 Å². The van der Waals surface area contributed by atoms with E-state index in [-0.39, 0.29) is 23.5 Å². The number of rotatable bonds is 8. The molecule has 0 N–H and O–H groups in total. The quantitative estimate of drug-likeness (QED) is 0.284. The van der Waals surface area contributed by atoms with Crippen LogP contribution in [0.2, 0.25) is 0 Å². The third-order valence-electron chi connectivity index (χ3n) is 7.69. The smallest absolute Gasteiger partial charge is 0.186 e. The largest absolute Gasteiger partial charge is 0.488 e. The van der Waals surface area contributed by atoms with Gasteiger partial charge in [-0.25, -0.2) is 4.79 Å². The van der Waals surface area contributed by atoms with Crippen molar-refractivity contribution in [3.63, 3.8) is 0 Å². The van der Waals surface area contributed by atoms with Gasteiger partial charge in [-0.2, -0.15) is 0 Å². The molecule has 0 amide bonds. The van der Waals surface area contributed by atoms with E-state index in [1.165, 1.54) is 38.5 Å². The standard InChI is InChI=1S/C25H42O4.C3H8/c1-19(2)24(7,23(4,5)6)22(17-26)28-18-20(3)29-25(13-15-27-16-14-25)21-11-9-8-10-12-21;1-3-2/h19,21H,3,8-16,18H2,1-2,4-7H3;3H2,1-2H3. The zero-order valence-corrected chi connectivity index (χ0v) is 22.3. The van der Waals surface area contributed by atoms with E-state index < -0.39 is 5.41 Å². The molecule has 1 heterocycles. The number of hydrogen-bond donors (Lipinski definition) is 0. The van der Waals surface area contributed by atoms with Crippen molar-refractivity contribution >= 4 is 5.94 Å². The number of allylic oxidation sites excluding steroid dienone is 1. The van der Waals surface area contributed by atoms with E-state index in [1.54, 1.807) is 0 Å². The monoisotopic (exact) mass is 450 g/mol. The Morgan fingerprint density at radius 3 is 2.06 bits per heavy atom. The van der Waals surface area contributed by atoms with Crippen LogP contribution in [0, 0.1) is 22.7 Å². The zero-order chi connectivity index (χ0) is 24.4. The zero-order valence-electron chi connectivity index (χ0n) is 22.3. The first-order valence-corrected chi connectivity index (χ1v) is 12.8. The van der Waals surface area contributed by atoms with Gasteiger partial charge in [0.25, 0.3) is 0 Å². The fourth-order valence-electron chi connectivity index (χ4n) is 5.16. The van der Waals surface area contributed by atoms with Crippen LogP contribution in [0.15, 0.2) is 18.1 Å². The predicted octanol–water partition coefficient (Wildman–Crippen LogP) is 7.50. The van der Waals surface area contributed by atoms with E-state index in [4.69, 9.17) is 14.2 Å². The molecule has 2 fully saturated rings. The summed E-state index contributed by atoms with van der Waals surface area (Å²) in [6.07, 6.45) is 9.34. The Morgan fingerprint density at radius 1 is 1.09 bits per heavy atom. The first-order valence-electron chi connectivity index (χ1n) is 12.8. The van der Waals surface area contributed by atoms with Gasteiger partial charge in [0.05, 0.1) is 13.2 Å². The van der Waals surface area contributed by atoms with Gasteiger partial charge in [-0.05, 0) is 30.1 Å². The summed E-state index contributed by atoms with van der Waals surface area (Å²) >= 11 is 0. The maximum absolute atomic E-state index is 11.8. The molecule has 0 bridgehead atoms. The van der Waals surface area contributed by atoms with Crippen LogP contribution < -0.4 is 0 Å². The molecule has 0 aromatic rings. The fraction of sp³-hybridized carbons (Fsp3) is 0.857. The van der Waals surface area contributed by atoms with E-state index >= 15 is 0 Å². The van der Waals surface area contributed by atoms with Crippen LogP contribution in [0.4, 0.5) is 0 Å². The van der Waals surface area contributed by atoms with Gasteiger partial charge in [-0.1, -0.05) is 87.7 Å². The molecular formula is C28H50O4. The molecule has 0 spiro atoms. The van der Waals surface area contributed by atoms with E-state index in [0.717, 1.165) is 26.1 Å². The molecule has 0 aromatic heterocycles. The maximum atomic E-state index is 11.8. The van der Waals surface area contributed by atoms with Crippen LogP contribution >= 0.6 is 0 Å². The number of carbonyl (C=O) groups excluding carboxylic acids is 1. The molecule has 32 heavy (non-hydrogen) atoms. The fourth-order valence-corrected chi connectivity index (χ4v) is 5.16. The molecule has 2 rings (SSSR count). The summed E-state index contributed by atoms with van der Waals surface area (Å²) < 4.78 is 18.2. The molecule has 1 saturated heterocycles. The molecule has 1 unspecified atom stereocenters. The molecule has 2 aliphatic rings. The number of hydrogen-bond acceptors (Lipinski definition) is 4. The SMILES string of the molecule is C=C(COC(=C=O)C(C)(C(C)C)C(C)(C)C)OC1(C2CCCCC2)CCOCC1.CCC. The molecular weight excluding hydrogens is 400 g/mol. The molecule has 0 radical (unpaired) electrons. The number of ether oxygens (including phenoxy) is 3. The second-order valence-corrected chi connectivity index (χ2v) is 11.2. The van der Waals surface area contributed by atoms with E-state index in [0.29, 0.717) is 17.4 Å². The third-order valence-corrected chi connectivity index (χ3v) is 7.69. The van der Waals surface area contributed by atoms with Crippen molar-refractivity contribution in [2.45, 2.75) is 112 Å². The van der Waals surface area contributed by atoms with Gasteiger partial charge in [0.2, 0.25) is 0 Å². The highest BCUT2D eigenvalue weighted by molar-refractivity contribution is 5.52. The summed E-state index contributed by atoms with van der Waals surface area (Å²) in [4.78, 5) is 11.8. The lowest BCUT2D eigenvalue weighted by Crippen LogP contribution is -2.46. The molecule has 1 saturated carbocycles. The average molecular weight is 451 g/mol. The van der Waals surface area contributed by atoms with Crippen molar-refractivity contribution in [3.8, 4) is 0 Å². The van der Waals surface area contributed by atoms with Crippen molar-refractivity contribution in [3.05, 3.63) is 18.1 Å². The summed E-state index contributed by atoms with van der Waals surface area (Å²) in [5, 5.41) is 0. The predicted molar refractivity (Wildman–Crippen MR) is 133 cm³/mol. The molecule has 1 aliphatic heterocycles. The van der Waals surface area contributed by atoms with Crippen LogP contribution in [0.25, 0.3) is 0 Å². The van der Waals surface area contributed by atoms with Crippen LogP contribution in [-0.4, -0.2) is 31.4 Å². The summed E-state index contributed by atoms with van der Waals surface area (Å²) in [6, 6.07) is 0. The van der Waals surface area contributed by atoms with Gasteiger partial charge in [0.15, 0.2) is 11.7 Å². The Labute approximate surface area is 198 Å². The first kappa shape index (κ1) is 28.8. The van der Waals surface area contributed by atoms with Crippen LogP contribution in [0.3, 0.4) is 0 Å². The van der Waals surface area contributed by atoms with Crippen LogP contribution in [-0.2, 0) is 19.0 Å². The minimum Gasteiger partial charge on any atom is -0.488 e. The lowest BCUT2D eigenvalue weighted by atomic mass is 9.61. The first-order chi connectivity index (χ1) is 15.0. The molecule has 4 nitrogen and oxygen atoms in total. The van der Waals surface area contributed by atoms with Crippen LogP contribution in [0.5, 0.6) is 0 Å². The van der Waals surface area contributed by atoms with Crippen molar-refractivity contribution < 1.29 is 19.0 Å². The van der Waals surface area contributed by atoms with E-state index in [9.17, 15) is 4.79 Å².